The summed E-state index contributed by atoms with van der Waals surface area (Å²) in [5.41, 5.74) is 0. The molecule has 11 heteroatoms. The molecule has 1 aliphatic rings. The Morgan fingerprint density at radius 3 is 1.22 bits per heavy atom. The molecular weight excluding hydrogens is 1110 g/mol. The maximum Gasteiger partial charge on any atom is 0.305 e. The van der Waals surface area contributed by atoms with Crippen molar-refractivity contribution >= 4 is 11.9 Å². The Bertz CT molecular complexity index is 1660. The SMILES string of the molecule is CC/C=C/CC/C=C/CC/C=C/C(O)C(COC1OC(CO)C(O)C(O)C1O)NC(=O)CCCCCCCCCCCCCCCCCCC/C=C\C/C=C\CCCCCCCCCCCCCOC(=O)CCCCCCCCCCCCCCCCCC. The topological polar surface area (TPSA) is 175 Å². The second-order valence-electron chi connectivity index (χ2n) is 26.3. The first-order valence-electron chi connectivity index (χ1n) is 38.1. The van der Waals surface area contributed by atoms with Crippen molar-refractivity contribution in [1.29, 1.82) is 0 Å². The third-order valence-electron chi connectivity index (χ3n) is 17.8. The normalized spacial score (nSPS) is 18.0. The standard InChI is InChI=1S/C78H143NO10/c1-3-5-7-9-11-13-15-16-17-40-43-46-50-54-58-62-66-74(83)87-67-63-59-55-51-47-44-41-38-36-34-32-30-28-26-24-22-20-18-19-21-23-25-27-29-31-33-35-37-39-42-45-49-53-57-61-65-73(82)79-70(69-88-78-77(86)76(85)75(84)72(68-80)89-78)71(81)64-60-56-52-48-14-12-10-8-6-4-2/h6,8,14,20,22,26,28,48,60,64,70-72,75-78,80-81,84-86H,3-5,7,9-13,15-19,21,23-25,27,29-47,49-59,61-63,65-69H2,1-2H3,(H,79,82)/b8-6+,22-20-,28-26-,48-14+,64-60+. The monoisotopic (exact) mass is 1250 g/mol. The Morgan fingerprint density at radius 2 is 0.798 bits per heavy atom. The predicted molar refractivity (Wildman–Crippen MR) is 375 cm³/mol. The van der Waals surface area contributed by atoms with E-state index >= 15 is 0 Å². The number of rotatable bonds is 67. The number of aliphatic hydroxyl groups is 5. The zero-order valence-electron chi connectivity index (χ0n) is 57.9. The summed E-state index contributed by atoms with van der Waals surface area (Å²) in [6, 6.07) is -0.833. The number of hydrogen-bond acceptors (Lipinski definition) is 10. The molecule has 7 unspecified atom stereocenters. The van der Waals surface area contributed by atoms with Crippen LogP contribution in [0.2, 0.25) is 0 Å². The van der Waals surface area contributed by atoms with Gasteiger partial charge in [-0.25, -0.2) is 0 Å². The molecule has 6 N–H and O–H groups in total. The second kappa shape index (κ2) is 66.8. The van der Waals surface area contributed by atoms with Gasteiger partial charge in [0, 0.05) is 12.8 Å². The molecule has 89 heavy (non-hydrogen) atoms. The zero-order valence-corrected chi connectivity index (χ0v) is 57.9. The van der Waals surface area contributed by atoms with Crippen LogP contribution in [0.1, 0.15) is 361 Å². The molecule has 1 fully saturated rings. The number of hydrogen-bond donors (Lipinski definition) is 6. The van der Waals surface area contributed by atoms with Gasteiger partial charge in [0.1, 0.15) is 24.4 Å². The molecule has 520 valence electrons. The van der Waals surface area contributed by atoms with E-state index in [4.69, 9.17) is 14.2 Å². The lowest BCUT2D eigenvalue weighted by atomic mass is 9.99. The highest BCUT2D eigenvalue weighted by Gasteiger charge is 2.44. The van der Waals surface area contributed by atoms with Gasteiger partial charge >= 0.3 is 5.97 Å². The summed E-state index contributed by atoms with van der Waals surface area (Å²) in [7, 11) is 0. The number of ether oxygens (including phenoxy) is 3. The van der Waals surface area contributed by atoms with Gasteiger partial charge in [-0.1, -0.05) is 325 Å². The van der Waals surface area contributed by atoms with Crippen molar-refractivity contribution in [3.63, 3.8) is 0 Å². The molecule has 0 bridgehead atoms. The number of aliphatic hydroxyl groups excluding tert-OH is 5. The smallest absolute Gasteiger partial charge is 0.305 e. The van der Waals surface area contributed by atoms with Gasteiger partial charge in [-0.2, -0.15) is 0 Å². The molecule has 0 aromatic heterocycles. The van der Waals surface area contributed by atoms with E-state index in [-0.39, 0.29) is 18.5 Å². The van der Waals surface area contributed by atoms with Gasteiger partial charge in [0.25, 0.3) is 0 Å². The molecule has 0 radical (unpaired) electrons. The zero-order chi connectivity index (χ0) is 64.4. The van der Waals surface area contributed by atoms with Gasteiger partial charge in [-0.3, -0.25) is 9.59 Å². The highest BCUT2D eigenvalue weighted by Crippen LogP contribution is 2.23. The Kier molecular flexibility index (Phi) is 63.3. The second-order valence-corrected chi connectivity index (χ2v) is 26.3. The Labute approximate surface area is 548 Å². The summed E-state index contributed by atoms with van der Waals surface area (Å²) < 4.78 is 16.7. The van der Waals surface area contributed by atoms with Crippen molar-refractivity contribution in [1.82, 2.24) is 5.32 Å². The Hall–Kier alpha value is -2.64. The third kappa shape index (κ3) is 55.5. The van der Waals surface area contributed by atoms with Crippen LogP contribution in [0.3, 0.4) is 0 Å². The largest absolute Gasteiger partial charge is 0.466 e. The third-order valence-corrected chi connectivity index (χ3v) is 17.8. The summed E-state index contributed by atoms with van der Waals surface area (Å²) in [6.07, 6.45) is 79.8. The maximum atomic E-state index is 13.0. The van der Waals surface area contributed by atoms with E-state index in [1.54, 1.807) is 6.08 Å². The maximum absolute atomic E-state index is 13.0. The molecule has 1 rings (SSSR count). The molecule has 1 amide bonds. The average Bonchev–Trinajstić information content (AvgIpc) is 1.60. The molecule has 1 aliphatic heterocycles. The van der Waals surface area contributed by atoms with Crippen molar-refractivity contribution in [2.75, 3.05) is 19.8 Å². The summed E-state index contributed by atoms with van der Waals surface area (Å²) >= 11 is 0. The van der Waals surface area contributed by atoms with Gasteiger partial charge in [0.15, 0.2) is 6.29 Å². The van der Waals surface area contributed by atoms with Gasteiger partial charge in [-0.15, -0.1) is 0 Å². The number of unbranched alkanes of at least 4 members (excludes halogenated alkanes) is 45. The number of carbonyl (C=O) groups excluding carboxylic acids is 2. The van der Waals surface area contributed by atoms with E-state index in [2.05, 4.69) is 67.8 Å². The van der Waals surface area contributed by atoms with Gasteiger partial charge < -0.3 is 45.1 Å². The molecule has 0 aromatic carbocycles. The summed E-state index contributed by atoms with van der Waals surface area (Å²) in [5, 5.41) is 54.3. The van der Waals surface area contributed by atoms with Crippen molar-refractivity contribution in [3.05, 3.63) is 60.8 Å². The lowest BCUT2D eigenvalue weighted by Crippen LogP contribution is -2.60. The van der Waals surface area contributed by atoms with Crippen LogP contribution in [0.15, 0.2) is 60.8 Å². The van der Waals surface area contributed by atoms with Crippen LogP contribution in [-0.4, -0.2) is 100 Å². The van der Waals surface area contributed by atoms with Crippen LogP contribution < -0.4 is 5.32 Å². The van der Waals surface area contributed by atoms with Crippen LogP contribution in [0.4, 0.5) is 0 Å². The first-order chi connectivity index (χ1) is 43.7. The lowest BCUT2D eigenvalue weighted by Gasteiger charge is -2.40. The van der Waals surface area contributed by atoms with Gasteiger partial charge in [0.05, 0.1) is 32.0 Å². The molecule has 1 saturated heterocycles. The Morgan fingerprint density at radius 1 is 0.427 bits per heavy atom. The highest BCUT2D eigenvalue weighted by atomic mass is 16.7. The van der Waals surface area contributed by atoms with Gasteiger partial charge in [-0.05, 0) is 83.5 Å². The molecular formula is C78H143NO10. The molecule has 0 saturated carbocycles. The van der Waals surface area contributed by atoms with Crippen LogP contribution in [0, 0.1) is 0 Å². The molecule has 1 heterocycles. The number of carbonyl (C=O) groups is 2. The van der Waals surface area contributed by atoms with E-state index < -0.39 is 49.5 Å². The molecule has 0 aliphatic carbocycles. The van der Waals surface area contributed by atoms with E-state index in [1.807, 2.05) is 6.08 Å². The summed E-state index contributed by atoms with van der Waals surface area (Å²) in [4.78, 5) is 25.1. The Balaban J connectivity index is 1.90. The predicted octanol–water partition coefficient (Wildman–Crippen LogP) is 20.1. The average molecular weight is 1250 g/mol. The fourth-order valence-corrected chi connectivity index (χ4v) is 11.9. The van der Waals surface area contributed by atoms with Gasteiger partial charge in [0.2, 0.25) is 5.91 Å². The minimum Gasteiger partial charge on any atom is -0.466 e. The van der Waals surface area contributed by atoms with Crippen LogP contribution in [0.5, 0.6) is 0 Å². The molecule has 7 atom stereocenters. The fraction of sp³-hybridized carbons (Fsp3) is 0.846. The molecule has 0 aromatic rings. The van der Waals surface area contributed by atoms with E-state index in [0.29, 0.717) is 19.4 Å². The van der Waals surface area contributed by atoms with E-state index in [0.717, 1.165) is 70.6 Å². The van der Waals surface area contributed by atoms with Crippen molar-refractivity contribution < 1.29 is 49.3 Å². The van der Waals surface area contributed by atoms with Crippen LogP contribution in [0.25, 0.3) is 0 Å². The number of nitrogens with one attached hydrogen (secondary N) is 1. The van der Waals surface area contributed by atoms with Crippen molar-refractivity contribution in [3.8, 4) is 0 Å². The van der Waals surface area contributed by atoms with Crippen molar-refractivity contribution in [2.24, 2.45) is 0 Å². The van der Waals surface area contributed by atoms with Crippen molar-refractivity contribution in [2.45, 2.75) is 403 Å². The minimum atomic E-state index is -1.58. The highest BCUT2D eigenvalue weighted by molar-refractivity contribution is 5.76. The number of amides is 1. The summed E-state index contributed by atoms with van der Waals surface area (Å²) in [6.45, 7) is 4.24. The molecule has 11 nitrogen and oxygen atoms in total. The number of esters is 1. The first-order valence-corrected chi connectivity index (χ1v) is 38.1. The lowest BCUT2D eigenvalue weighted by molar-refractivity contribution is -0.302. The van der Waals surface area contributed by atoms with E-state index in [1.165, 1.54) is 263 Å². The summed E-state index contributed by atoms with van der Waals surface area (Å²) in [5.74, 6) is -0.182. The molecule has 0 spiro atoms. The van der Waals surface area contributed by atoms with E-state index in [9.17, 15) is 35.1 Å². The van der Waals surface area contributed by atoms with Crippen LogP contribution in [-0.2, 0) is 23.8 Å². The van der Waals surface area contributed by atoms with Crippen LogP contribution >= 0.6 is 0 Å². The number of allylic oxidation sites excluding steroid dienone is 9. The fourth-order valence-electron chi connectivity index (χ4n) is 11.9. The quantitative estimate of drug-likeness (QED) is 0.0195. The first kappa shape index (κ1) is 84.4. The minimum absolute atomic E-state index is 0.0133.